The summed E-state index contributed by atoms with van der Waals surface area (Å²) in [6.07, 6.45) is 1.82. The molecule has 1 amide bonds. The van der Waals surface area contributed by atoms with E-state index in [0.29, 0.717) is 11.4 Å². The number of sulfonamides is 1. The van der Waals surface area contributed by atoms with Crippen LogP contribution in [0.5, 0.6) is 5.75 Å². The van der Waals surface area contributed by atoms with E-state index in [4.69, 9.17) is 4.74 Å². The number of ether oxygens (including phenoxy) is 1. The van der Waals surface area contributed by atoms with Crippen LogP contribution in [0.1, 0.15) is 32.8 Å². The molecule has 0 spiro atoms. The first-order valence-electron chi connectivity index (χ1n) is 7.43. The van der Waals surface area contributed by atoms with Crippen molar-refractivity contribution < 1.29 is 17.9 Å². The second-order valence-corrected chi connectivity index (χ2v) is 8.14. The van der Waals surface area contributed by atoms with E-state index < -0.39 is 15.6 Å². The van der Waals surface area contributed by atoms with Crippen LogP contribution >= 0.6 is 0 Å². The van der Waals surface area contributed by atoms with E-state index in [2.05, 4.69) is 5.32 Å². The van der Waals surface area contributed by atoms with Gasteiger partial charge in [-0.25, -0.2) is 8.42 Å². The highest BCUT2D eigenvalue weighted by Gasteiger charge is 2.26. The molecule has 1 rings (SSSR count). The monoisotopic (exact) mass is 342 g/mol. The smallest absolute Gasteiger partial charge is 0.241 e. The van der Waals surface area contributed by atoms with Crippen LogP contribution in [0.2, 0.25) is 0 Å². The number of benzene rings is 1. The van der Waals surface area contributed by atoms with Gasteiger partial charge >= 0.3 is 0 Å². The van der Waals surface area contributed by atoms with Crippen molar-refractivity contribution in [1.29, 1.82) is 0 Å². The van der Waals surface area contributed by atoms with Gasteiger partial charge in [-0.15, -0.1) is 0 Å². The summed E-state index contributed by atoms with van der Waals surface area (Å²) in [6, 6.07) is 5.21. The molecule has 1 aromatic rings. The molecule has 0 fully saturated rings. The minimum Gasteiger partial charge on any atom is -0.495 e. The van der Waals surface area contributed by atoms with Crippen molar-refractivity contribution in [3.63, 3.8) is 0 Å². The normalized spacial score (nSPS) is 11.9. The minimum absolute atomic E-state index is 0.290. The number of methoxy groups -OCH3 is 1. The van der Waals surface area contributed by atoms with Crippen molar-refractivity contribution in [2.45, 2.75) is 39.7 Å². The maximum Gasteiger partial charge on any atom is 0.241 e. The van der Waals surface area contributed by atoms with Crippen molar-refractivity contribution in [2.75, 3.05) is 24.2 Å². The van der Waals surface area contributed by atoms with Crippen molar-refractivity contribution in [3.05, 3.63) is 23.8 Å². The average molecular weight is 342 g/mol. The molecule has 0 saturated heterocycles. The van der Waals surface area contributed by atoms with Crippen LogP contribution < -0.4 is 14.4 Å². The van der Waals surface area contributed by atoms with Gasteiger partial charge in [0.1, 0.15) is 12.3 Å². The number of hydrogen-bond acceptors (Lipinski definition) is 4. The Hall–Kier alpha value is -1.76. The first-order chi connectivity index (χ1) is 10.5. The second-order valence-electron chi connectivity index (χ2n) is 6.23. The van der Waals surface area contributed by atoms with Gasteiger partial charge in [-0.05, 0) is 44.9 Å². The first-order valence-corrected chi connectivity index (χ1v) is 9.28. The van der Waals surface area contributed by atoms with Gasteiger partial charge in [0.15, 0.2) is 0 Å². The fourth-order valence-corrected chi connectivity index (χ4v) is 2.86. The van der Waals surface area contributed by atoms with Gasteiger partial charge in [0.2, 0.25) is 15.9 Å². The lowest BCUT2D eigenvalue weighted by molar-refractivity contribution is -0.121. The maximum absolute atomic E-state index is 12.3. The van der Waals surface area contributed by atoms with E-state index in [0.717, 1.165) is 22.5 Å². The molecule has 0 bridgehead atoms. The van der Waals surface area contributed by atoms with Gasteiger partial charge in [-0.3, -0.25) is 9.10 Å². The maximum atomic E-state index is 12.3. The van der Waals surface area contributed by atoms with Crippen LogP contribution in [0.15, 0.2) is 18.2 Å². The topological polar surface area (TPSA) is 75.7 Å². The average Bonchev–Trinajstić information content (AvgIpc) is 2.43. The molecule has 0 heterocycles. The van der Waals surface area contributed by atoms with E-state index in [-0.39, 0.29) is 12.5 Å². The summed E-state index contributed by atoms with van der Waals surface area (Å²) in [4.78, 5) is 12.3. The van der Waals surface area contributed by atoms with Gasteiger partial charge in [0.05, 0.1) is 19.1 Å². The Morgan fingerprint density at radius 2 is 1.96 bits per heavy atom. The number of hydrogen-bond donors (Lipinski definition) is 1. The summed E-state index contributed by atoms with van der Waals surface area (Å²) >= 11 is 0. The van der Waals surface area contributed by atoms with E-state index >= 15 is 0 Å². The number of amides is 1. The predicted octanol–water partition coefficient (Wildman–Crippen LogP) is 2.07. The Morgan fingerprint density at radius 1 is 1.35 bits per heavy atom. The zero-order valence-corrected chi connectivity index (χ0v) is 15.5. The van der Waals surface area contributed by atoms with E-state index in [1.54, 1.807) is 12.1 Å². The Balaban J connectivity index is 3.18. The van der Waals surface area contributed by atoms with Gasteiger partial charge in [-0.1, -0.05) is 13.0 Å². The zero-order chi connectivity index (χ0) is 17.8. The molecule has 0 aliphatic rings. The number of rotatable bonds is 7. The molecule has 0 atom stereocenters. The number of carbonyl (C=O) groups excluding carboxylic acids is 1. The van der Waals surface area contributed by atoms with Gasteiger partial charge < -0.3 is 10.1 Å². The van der Waals surface area contributed by atoms with Crippen LogP contribution in [0.3, 0.4) is 0 Å². The molecule has 23 heavy (non-hydrogen) atoms. The molecule has 0 aromatic heterocycles. The molecule has 0 aliphatic heterocycles. The second kappa shape index (κ2) is 7.21. The summed E-state index contributed by atoms with van der Waals surface area (Å²) in [5.74, 6) is 0.0504. The number of nitrogens with zero attached hydrogens (tertiary/aromatic N) is 1. The van der Waals surface area contributed by atoms with E-state index in [9.17, 15) is 13.2 Å². The molecule has 1 N–H and O–H groups in total. The molecule has 0 radical (unpaired) electrons. The predicted molar refractivity (Wildman–Crippen MR) is 92.4 cm³/mol. The summed E-state index contributed by atoms with van der Waals surface area (Å²) in [5.41, 5.74) is 0.847. The first kappa shape index (κ1) is 19.3. The zero-order valence-electron chi connectivity index (χ0n) is 14.6. The lowest BCUT2D eigenvalue weighted by Gasteiger charge is -2.28. The number of carbonyl (C=O) groups is 1. The largest absolute Gasteiger partial charge is 0.495 e. The number of aryl methyl sites for hydroxylation is 1. The third kappa shape index (κ3) is 5.42. The summed E-state index contributed by atoms with van der Waals surface area (Å²) in [7, 11) is -2.17. The van der Waals surface area contributed by atoms with Crippen LogP contribution in [0, 0.1) is 6.92 Å². The van der Waals surface area contributed by atoms with Crippen LogP contribution in [-0.4, -0.2) is 39.8 Å². The van der Waals surface area contributed by atoms with Crippen molar-refractivity contribution in [2.24, 2.45) is 0 Å². The molecule has 0 saturated carbocycles. The van der Waals surface area contributed by atoms with Crippen molar-refractivity contribution in [1.82, 2.24) is 5.32 Å². The third-order valence-corrected chi connectivity index (χ3v) is 4.78. The SMILES string of the molecule is CCC(C)(C)NC(=O)CN(c1cc(C)ccc1OC)S(C)(=O)=O. The molecule has 130 valence electrons. The molecule has 1 aromatic carbocycles. The lowest BCUT2D eigenvalue weighted by Crippen LogP contribution is -2.48. The Morgan fingerprint density at radius 3 is 2.43 bits per heavy atom. The van der Waals surface area contributed by atoms with E-state index in [1.807, 2.05) is 33.8 Å². The van der Waals surface area contributed by atoms with Crippen LogP contribution in [-0.2, 0) is 14.8 Å². The molecule has 7 heteroatoms. The highest BCUT2D eigenvalue weighted by Crippen LogP contribution is 2.30. The minimum atomic E-state index is -3.63. The van der Waals surface area contributed by atoms with Gasteiger partial charge in [0, 0.05) is 5.54 Å². The van der Waals surface area contributed by atoms with Gasteiger partial charge in [-0.2, -0.15) is 0 Å². The summed E-state index contributed by atoms with van der Waals surface area (Å²) < 4.78 is 30.7. The number of anilines is 1. The summed E-state index contributed by atoms with van der Waals surface area (Å²) in [5, 5.41) is 2.84. The van der Waals surface area contributed by atoms with Crippen LogP contribution in [0.25, 0.3) is 0 Å². The Bertz CT molecular complexity index is 669. The fourth-order valence-electron chi connectivity index (χ4n) is 2.01. The van der Waals surface area contributed by atoms with Crippen molar-refractivity contribution in [3.8, 4) is 5.75 Å². The molecular weight excluding hydrogens is 316 g/mol. The molecular formula is C16H26N2O4S. The van der Waals surface area contributed by atoms with Crippen molar-refractivity contribution >= 4 is 21.6 Å². The van der Waals surface area contributed by atoms with E-state index in [1.165, 1.54) is 7.11 Å². The quantitative estimate of drug-likeness (QED) is 0.823. The Labute approximate surface area is 138 Å². The standard InChI is InChI=1S/C16H26N2O4S/c1-7-16(3,4)17-15(19)11-18(23(6,20)21)13-10-12(2)8-9-14(13)22-5/h8-10H,7,11H2,1-6H3,(H,17,19). The number of nitrogens with one attached hydrogen (secondary N) is 1. The van der Waals surface area contributed by atoms with Crippen LogP contribution in [0.4, 0.5) is 5.69 Å². The Kier molecular flexibility index (Phi) is 6.04. The molecule has 0 aliphatic carbocycles. The lowest BCUT2D eigenvalue weighted by atomic mass is 10.0. The fraction of sp³-hybridized carbons (Fsp3) is 0.562. The third-order valence-electron chi connectivity index (χ3n) is 3.65. The highest BCUT2D eigenvalue weighted by molar-refractivity contribution is 7.92. The molecule has 0 unspecified atom stereocenters. The van der Waals surface area contributed by atoms with Gasteiger partial charge in [0.25, 0.3) is 0 Å². The summed E-state index contributed by atoms with van der Waals surface area (Å²) in [6.45, 7) is 7.30. The molecule has 6 nitrogen and oxygen atoms in total. The highest BCUT2D eigenvalue weighted by atomic mass is 32.2.